The smallest absolute Gasteiger partial charge is 0.263 e. The lowest BCUT2D eigenvalue weighted by atomic mass is 10.0. The van der Waals surface area contributed by atoms with E-state index in [4.69, 9.17) is 4.98 Å². The van der Waals surface area contributed by atoms with Crippen LogP contribution in [0.5, 0.6) is 0 Å². The standard InChI is InChI=1S/C28H25N5O3S3/c1-16(2)13-33-26(36)23-19-10-11-32(25(35)17-6-8-18(9-7-17)28(3)30-31-28)14-22(19)39-24(23)29-27(33)38-15-20(34)21-5-4-12-37-21/h4-9,12H,1,10-11,13-15H2,2-3H3. The Bertz CT molecular complexity index is 1710. The van der Waals surface area contributed by atoms with E-state index in [2.05, 4.69) is 16.8 Å². The summed E-state index contributed by atoms with van der Waals surface area (Å²) in [7, 11) is 0. The highest BCUT2D eigenvalue weighted by Crippen LogP contribution is 2.39. The predicted octanol–water partition coefficient (Wildman–Crippen LogP) is 5.91. The number of carbonyl (C=O) groups excluding carboxylic acids is 2. The third kappa shape index (κ3) is 4.90. The zero-order chi connectivity index (χ0) is 27.3. The highest BCUT2D eigenvalue weighted by molar-refractivity contribution is 7.99. The molecule has 5 heterocycles. The number of aromatic nitrogens is 2. The number of hydrogen-bond donors (Lipinski definition) is 0. The van der Waals surface area contributed by atoms with Crippen molar-refractivity contribution < 1.29 is 9.59 Å². The Hall–Kier alpha value is -3.41. The van der Waals surface area contributed by atoms with Crippen LogP contribution in [-0.2, 0) is 25.2 Å². The van der Waals surface area contributed by atoms with Gasteiger partial charge in [-0.15, -0.1) is 22.7 Å². The minimum Gasteiger partial charge on any atom is -0.333 e. The van der Waals surface area contributed by atoms with E-state index in [0.29, 0.717) is 51.9 Å². The topological polar surface area (TPSA) is 97.0 Å². The minimum atomic E-state index is -0.475. The number of Topliss-reactive ketones (excluding diaryl/α,β-unsaturated/α-hetero) is 1. The predicted molar refractivity (Wildman–Crippen MR) is 155 cm³/mol. The van der Waals surface area contributed by atoms with Gasteiger partial charge in [0.15, 0.2) is 10.9 Å². The molecule has 0 fully saturated rings. The van der Waals surface area contributed by atoms with E-state index in [-0.39, 0.29) is 23.0 Å². The second kappa shape index (κ2) is 9.96. The summed E-state index contributed by atoms with van der Waals surface area (Å²) in [6.45, 7) is 9.08. The van der Waals surface area contributed by atoms with Gasteiger partial charge in [0.1, 0.15) is 4.83 Å². The van der Waals surface area contributed by atoms with Crippen molar-refractivity contribution in [2.75, 3.05) is 12.3 Å². The second-order valence-corrected chi connectivity index (χ2v) is 12.9. The molecule has 4 aromatic rings. The number of rotatable bonds is 8. The van der Waals surface area contributed by atoms with Crippen LogP contribution in [0.15, 0.2) is 74.1 Å². The summed E-state index contributed by atoms with van der Waals surface area (Å²) in [4.78, 5) is 48.7. The third-order valence-electron chi connectivity index (χ3n) is 6.85. The Morgan fingerprint density at radius 3 is 2.62 bits per heavy atom. The fraction of sp³-hybridized carbons (Fsp3) is 0.286. The molecule has 0 unspecified atom stereocenters. The molecule has 39 heavy (non-hydrogen) atoms. The van der Waals surface area contributed by atoms with Gasteiger partial charge in [-0.05, 0) is 49.4 Å². The summed E-state index contributed by atoms with van der Waals surface area (Å²) in [6, 6.07) is 11.1. The summed E-state index contributed by atoms with van der Waals surface area (Å²) >= 11 is 4.14. The van der Waals surface area contributed by atoms with Crippen molar-refractivity contribution >= 4 is 56.3 Å². The summed E-state index contributed by atoms with van der Waals surface area (Å²) in [6.07, 6.45) is 0.586. The summed E-state index contributed by atoms with van der Waals surface area (Å²) in [5.74, 6) is 0.159. The molecule has 0 atom stereocenters. The fourth-order valence-electron chi connectivity index (χ4n) is 4.69. The van der Waals surface area contributed by atoms with Crippen molar-refractivity contribution in [2.45, 2.75) is 44.2 Å². The van der Waals surface area contributed by atoms with E-state index in [0.717, 1.165) is 21.6 Å². The summed E-state index contributed by atoms with van der Waals surface area (Å²) in [5.41, 5.74) is 2.78. The largest absolute Gasteiger partial charge is 0.333 e. The van der Waals surface area contributed by atoms with Gasteiger partial charge in [0, 0.05) is 29.1 Å². The van der Waals surface area contributed by atoms with Gasteiger partial charge in [0.25, 0.3) is 11.5 Å². The van der Waals surface area contributed by atoms with Gasteiger partial charge in [-0.2, -0.15) is 10.2 Å². The number of thioether (sulfide) groups is 1. The lowest BCUT2D eigenvalue weighted by molar-refractivity contribution is 0.0737. The minimum absolute atomic E-state index is 0.00825. The maximum Gasteiger partial charge on any atom is 0.263 e. The van der Waals surface area contributed by atoms with Crippen LogP contribution in [0.3, 0.4) is 0 Å². The molecule has 6 rings (SSSR count). The number of carbonyl (C=O) groups is 2. The van der Waals surface area contributed by atoms with E-state index < -0.39 is 5.66 Å². The van der Waals surface area contributed by atoms with Gasteiger partial charge < -0.3 is 4.90 Å². The molecule has 198 valence electrons. The maximum absolute atomic E-state index is 13.7. The van der Waals surface area contributed by atoms with Gasteiger partial charge in [-0.25, -0.2) is 4.98 Å². The van der Waals surface area contributed by atoms with Crippen LogP contribution in [0.4, 0.5) is 0 Å². The van der Waals surface area contributed by atoms with Crippen molar-refractivity contribution in [3.8, 4) is 0 Å². The van der Waals surface area contributed by atoms with Crippen molar-refractivity contribution in [1.82, 2.24) is 14.5 Å². The van der Waals surface area contributed by atoms with Crippen LogP contribution in [0, 0.1) is 0 Å². The van der Waals surface area contributed by atoms with Crippen LogP contribution in [0.25, 0.3) is 10.2 Å². The van der Waals surface area contributed by atoms with E-state index in [9.17, 15) is 14.4 Å². The van der Waals surface area contributed by atoms with Gasteiger partial charge in [-0.1, -0.05) is 42.1 Å². The number of benzene rings is 1. The number of nitrogens with zero attached hydrogens (tertiary/aromatic N) is 5. The van der Waals surface area contributed by atoms with Crippen LogP contribution in [0.2, 0.25) is 0 Å². The molecule has 1 aromatic carbocycles. The molecule has 0 bridgehead atoms. The van der Waals surface area contributed by atoms with E-state index in [1.165, 1.54) is 34.4 Å². The van der Waals surface area contributed by atoms with E-state index >= 15 is 0 Å². The molecule has 2 aliphatic heterocycles. The zero-order valence-corrected chi connectivity index (χ0v) is 23.9. The molecule has 3 aromatic heterocycles. The fourth-order valence-corrected chi connectivity index (χ4v) is 7.60. The monoisotopic (exact) mass is 575 g/mol. The highest BCUT2D eigenvalue weighted by atomic mass is 32.2. The normalized spacial score (nSPS) is 15.4. The van der Waals surface area contributed by atoms with Crippen molar-refractivity contribution in [3.63, 3.8) is 0 Å². The number of amides is 1. The SMILES string of the molecule is C=C(C)Cn1c(SCC(=O)c2cccs2)nc2sc3c(c2c1=O)CCN(C(=O)c1ccc(C2(C)N=N2)cc1)C3. The Morgan fingerprint density at radius 1 is 1.18 bits per heavy atom. The molecule has 0 N–H and O–H groups in total. The number of thiophene rings is 2. The van der Waals surface area contributed by atoms with E-state index in [1.807, 2.05) is 54.5 Å². The van der Waals surface area contributed by atoms with Gasteiger partial charge in [0.05, 0.1) is 22.6 Å². The number of hydrogen-bond acceptors (Lipinski definition) is 9. The first-order chi connectivity index (χ1) is 18.7. The van der Waals surface area contributed by atoms with Crippen molar-refractivity contribution in [1.29, 1.82) is 0 Å². The first-order valence-corrected chi connectivity index (χ1v) is 15.1. The first kappa shape index (κ1) is 25.8. The molecule has 1 amide bonds. The van der Waals surface area contributed by atoms with Crippen LogP contribution in [0.1, 0.15) is 49.9 Å². The lowest BCUT2D eigenvalue weighted by Crippen LogP contribution is -2.35. The number of allylic oxidation sites excluding steroid dienone is 1. The van der Waals surface area contributed by atoms with Crippen LogP contribution in [-0.4, -0.2) is 38.4 Å². The molecular weight excluding hydrogens is 551 g/mol. The average molecular weight is 576 g/mol. The summed E-state index contributed by atoms with van der Waals surface area (Å²) < 4.78 is 1.63. The third-order valence-corrected chi connectivity index (χ3v) is 9.85. The van der Waals surface area contributed by atoms with Gasteiger partial charge in [-0.3, -0.25) is 19.0 Å². The van der Waals surface area contributed by atoms with Crippen molar-refractivity contribution in [3.05, 3.63) is 90.7 Å². The highest BCUT2D eigenvalue weighted by Gasteiger charge is 2.36. The Labute approximate surface area is 237 Å². The quantitative estimate of drug-likeness (QED) is 0.113. The number of fused-ring (bicyclic) bond motifs is 3. The zero-order valence-electron chi connectivity index (χ0n) is 21.5. The Balaban J connectivity index is 1.28. The molecule has 11 heteroatoms. The van der Waals surface area contributed by atoms with Gasteiger partial charge in [0.2, 0.25) is 5.66 Å². The molecule has 8 nitrogen and oxygen atoms in total. The Morgan fingerprint density at radius 2 is 1.95 bits per heavy atom. The average Bonchev–Trinajstić information content (AvgIpc) is 3.30. The lowest BCUT2D eigenvalue weighted by Gasteiger charge is -2.27. The van der Waals surface area contributed by atoms with Crippen LogP contribution >= 0.6 is 34.4 Å². The molecule has 0 spiro atoms. The molecule has 0 saturated carbocycles. The molecule has 0 aliphatic carbocycles. The molecule has 0 saturated heterocycles. The first-order valence-electron chi connectivity index (χ1n) is 12.5. The van der Waals surface area contributed by atoms with Crippen LogP contribution < -0.4 is 5.56 Å². The molecular formula is C28H25N5O3S3. The second-order valence-electron chi connectivity index (χ2n) is 9.89. The molecule has 0 radical (unpaired) electrons. The van der Waals surface area contributed by atoms with Gasteiger partial charge >= 0.3 is 0 Å². The number of ketones is 1. The maximum atomic E-state index is 13.7. The summed E-state index contributed by atoms with van der Waals surface area (Å²) in [5, 5.41) is 11.1. The van der Waals surface area contributed by atoms with E-state index in [1.54, 1.807) is 10.6 Å². The molecule has 2 aliphatic rings. The van der Waals surface area contributed by atoms with Crippen molar-refractivity contribution in [2.24, 2.45) is 10.2 Å². The Kier molecular flexibility index (Phi) is 6.60.